The van der Waals surface area contributed by atoms with Crippen LogP contribution in [0.1, 0.15) is 11.9 Å². The second-order valence-electron chi connectivity index (χ2n) is 3.44. The molecule has 0 aliphatic carbocycles. The quantitative estimate of drug-likeness (QED) is 0.521. The molecule has 17 heavy (non-hydrogen) atoms. The SMILES string of the molecule is O=S(=O)(O)c1cc(C2OCCO2)cc(O)c1O. The maximum atomic E-state index is 11.0. The van der Waals surface area contributed by atoms with Gasteiger partial charge in [-0.3, -0.25) is 4.55 Å². The lowest BCUT2D eigenvalue weighted by atomic mass is 10.2. The van der Waals surface area contributed by atoms with E-state index < -0.39 is 32.8 Å². The molecular weight excluding hydrogens is 252 g/mol. The number of phenols is 2. The van der Waals surface area contributed by atoms with Crippen LogP contribution in [0.15, 0.2) is 17.0 Å². The summed E-state index contributed by atoms with van der Waals surface area (Å²) in [6.07, 6.45) is -0.818. The van der Waals surface area contributed by atoms with Crippen LogP contribution in [0.4, 0.5) is 0 Å². The molecule has 1 fully saturated rings. The minimum absolute atomic E-state index is 0.199. The second kappa shape index (κ2) is 4.15. The van der Waals surface area contributed by atoms with Gasteiger partial charge in [0.05, 0.1) is 13.2 Å². The van der Waals surface area contributed by atoms with Crippen LogP contribution in [0.25, 0.3) is 0 Å². The van der Waals surface area contributed by atoms with E-state index in [0.717, 1.165) is 12.1 Å². The summed E-state index contributed by atoms with van der Waals surface area (Å²) >= 11 is 0. The zero-order valence-corrected chi connectivity index (χ0v) is 9.35. The fourth-order valence-corrected chi connectivity index (χ4v) is 2.13. The van der Waals surface area contributed by atoms with Crippen LogP contribution in [-0.2, 0) is 19.6 Å². The van der Waals surface area contributed by atoms with Gasteiger partial charge in [0.2, 0.25) is 0 Å². The summed E-state index contributed by atoms with van der Waals surface area (Å²) in [5, 5.41) is 18.7. The highest BCUT2D eigenvalue weighted by Gasteiger charge is 2.25. The van der Waals surface area contributed by atoms with Gasteiger partial charge in [0.15, 0.2) is 17.8 Å². The fraction of sp³-hybridized carbons (Fsp3) is 0.333. The highest BCUT2D eigenvalue weighted by Crippen LogP contribution is 2.37. The lowest BCUT2D eigenvalue weighted by Gasteiger charge is -2.12. The van der Waals surface area contributed by atoms with Gasteiger partial charge >= 0.3 is 0 Å². The first-order valence-corrected chi connectivity index (χ1v) is 6.10. The summed E-state index contributed by atoms with van der Waals surface area (Å²) in [6.45, 7) is 0.682. The maximum absolute atomic E-state index is 11.0. The summed E-state index contributed by atoms with van der Waals surface area (Å²) in [5.41, 5.74) is 0.199. The van der Waals surface area contributed by atoms with Crippen LogP contribution in [0, 0.1) is 0 Å². The fourth-order valence-electron chi connectivity index (χ4n) is 1.50. The molecule has 0 spiro atoms. The van der Waals surface area contributed by atoms with Gasteiger partial charge in [-0.15, -0.1) is 0 Å². The molecule has 1 heterocycles. The van der Waals surface area contributed by atoms with Crippen LogP contribution in [0.3, 0.4) is 0 Å². The predicted octanol–water partition coefficient (Wildman–Crippen LogP) is 0.390. The van der Waals surface area contributed by atoms with Gasteiger partial charge in [0, 0.05) is 5.56 Å². The highest BCUT2D eigenvalue weighted by molar-refractivity contribution is 7.86. The second-order valence-corrected chi connectivity index (χ2v) is 4.83. The smallest absolute Gasteiger partial charge is 0.298 e. The van der Waals surface area contributed by atoms with Crippen molar-refractivity contribution in [3.05, 3.63) is 17.7 Å². The zero-order chi connectivity index (χ0) is 12.6. The first kappa shape index (κ1) is 12.1. The Hall–Kier alpha value is -1.35. The Morgan fingerprint density at radius 2 is 1.76 bits per heavy atom. The van der Waals surface area contributed by atoms with E-state index in [-0.39, 0.29) is 5.56 Å². The van der Waals surface area contributed by atoms with Crippen molar-refractivity contribution < 1.29 is 32.7 Å². The van der Waals surface area contributed by atoms with E-state index in [9.17, 15) is 18.6 Å². The molecule has 1 aromatic rings. The van der Waals surface area contributed by atoms with Crippen LogP contribution in [0.2, 0.25) is 0 Å². The largest absolute Gasteiger partial charge is 0.504 e. The van der Waals surface area contributed by atoms with Crippen molar-refractivity contribution in [1.82, 2.24) is 0 Å². The number of rotatable bonds is 2. The standard InChI is InChI=1S/C9H10O7S/c10-6-3-5(9-15-1-2-16-9)4-7(8(6)11)17(12,13)14/h3-4,9-11H,1-2H2,(H,12,13,14). The third kappa shape index (κ3) is 2.34. The summed E-state index contributed by atoms with van der Waals surface area (Å²) in [5.74, 6) is -1.58. The molecule has 2 rings (SSSR count). The van der Waals surface area contributed by atoms with Crippen molar-refractivity contribution >= 4 is 10.1 Å². The van der Waals surface area contributed by atoms with Crippen LogP contribution < -0.4 is 0 Å². The topological polar surface area (TPSA) is 113 Å². The van der Waals surface area contributed by atoms with Gasteiger partial charge in [0.25, 0.3) is 10.1 Å². The number of ether oxygens (including phenoxy) is 2. The van der Waals surface area contributed by atoms with Crippen LogP contribution in [-0.4, -0.2) is 36.4 Å². The first-order chi connectivity index (χ1) is 7.89. The van der Waals surface area contributed by atoms with Crippen molar-refractivity contribution in [1.29, 1.82) is 0 Å². The number of benzene rings is 1. The molecule has 1 aromatic carbocycles. The van der Waals surface area contributed by atoms with E-state index in [4.69, 9.17) is 14.0 Å². The predicted molar refractivity (Wildman–Crippen MR) is 54.2 cm³/mol. The van der Waals surface area contributed by atoms with E-state index in [1.54, 1.807) is 0 Å². The molecule has 8 heteroatoms. The number of aromatic hydroxyl groups is 2. The molecule has 1 aliphatic rings. The normalized spacial score (nSPS) is 17.5. The van der Waals surface area contributed by atoms with Gasteiger partial charge in [-0.05, 0) is 12.1 Å². The van der Waals surface area contributed by atoms with Gasteiger partial charge in [-0.1, -0.05) is 0 Å². The molecule has 3 N–H and O–H groups in total. The van der Waals surface area contributed by atoms with E-state index in [1.807, 2.05) is 0 Å². The molecule has 0 radical (unpaired) electrons. The van der Waals surface area contributed by atoms with E-state index in [1.165, 1.54) is 0 Å². The molecule has 1 saturated heterocycles. The summed E-state index contributed by atoms with van der Waals surface area (Å²) < 4.78 is 41.1. The Bertz CT molecular complexity index is 531. The van der Waals surface area contributed by atoms with E-state index >= 15 is 0 Å². The van der Waals surface area contributed by atoms with Crippen LogP contribution in [0.5, 0.6) is 11.5 Å². The molecule has 0 bridgehead atoms. The zero-order valence-electron chi connectivity index (χ0n) is 8.53. The average Bonchev–Trinajstić information content (AvgIpc) is 2.73. The molecular formula is C9H10O7S. The van der Waals surface area contributed by atoms with Crippen molar-refractivity contribution in [3.8, 4) is 11.5 Å². The lowest BCUT2D eigenvalue weighted by Crippen LogP contribution is -2.03. The monoisotopic (exact) mass is 262 g/mol. The van der Waals surface area contributed by atoms with Crippen LogP contribution >= 0.6 is 0 Å². The van der Waals surface area contributed by atoms with Crippen molar-refractivity contribution in [2.24, 2.45) is 0 Å². The lowest BCUT2D eigenvalue weighted by molar-refractivity contribution is -0.0444. The van der Waals surface area contributed by atoms with Crippen molar-refractivity contribution in [3.63, 3.8) is 0 Å². The molecule has 0 amide bonds. The molecule has 0 atom stereocenters. The number of phenolic OH excluding ortho intramolecular Hbond substituents is 2. The molecule has 7 nitrogen and oxygen atoms in total. The Kier molecular flexibility index (Phi) is 2.96. The van der Waals surface area contributed by atoms with Gasteiger partial charge < -0.3 is 19.7 Å². The van der Waals surface area contributed by atoms with E-state index in [2.05, 4.69) is 0 Å². The number of hydrogen-bond acceptors (Lipinski definition) is 6. The molecule has 94 valence electrons. The molecule has 1 aliphatic heterocycles. The van der Waals surface area contributed by atoms with Crippen molar-refractivity contribution in [2.75, 3.05) is 13.2 Å². The van der Waals surface area contributed by atoms with Gasteiger partial charge in [-0.2, -0.15) is 8.42 Å². The minimum atomic E-state index is -4.63. The Balaban J connectivity index is 2.53. The third-order valence-electron chi connectivity index (χ3n) is 2.25. The Labute approximate surface area is 97.0 Å². The summed E-state index contributed by atoms with van der Waals surface area (Å²) in [7, 11) is -4.63. The van der Waals surface area contributed by atoms with E-state index in [0.29, 0.717) is 13.2 Å². The molecule has 0 unspecified atom stereocenters. The van der Waals surface area contributed by atoms with Crippen molar-refractivity contribution in [2.45, 2.75) is 11.2 Å². The molecule has 0 saturated carbocycles. The average molecular weight is 262 g/mol. The third-order valence-corrected chi connectivity index (χ3v) is 3.12. The maximum Gasteiger partial charge on any atom is 0.298 e. The summed E-state index contributed by atoms with van der Waals surface area (Å²) in [4.78, 5) is -0.786. The number of hydrogen-bond donors (Lipinski definition) is 3. The highest BCUT2D eigenvalue weighted by atomic mass is 32.2. The first-order valence-electron chi connectivity index (χ1n) is 4.66. The minimum Gasteiger partial charge on any atom is -0.504 e. The Morgan fingerprint density at radius 3 is 2.29 bits per heavy atom. The van der Waals surface area contributed by atoms with Gasteiger partial charge in [-0.25, -0.2) is 0 Å². The Morgan fingerprint density at radius 1 is 1.18 bits per heavy atom. The van der Waals surface area contributed by atoms with Gasteiger partial charge in [0.1, 0.15) is 4.90 Å². The molecule has 0 aromatic heterocycles. The summed E-state index contributed by atoms with van der Waals surface area (Å²) in [6, 6.07) is 2.10.